The fourth-order valence-corrected chi connectivity index (χ4v) is 6.38. The van der Waals surface area contributed by atoms with Crippen molar-refractivity contribution in [2.75, 3.05) is 5.75 Å². The average Bonchev–Trinajstić information content (AvgIpc) is 2.92. The first kappa shape index (κ1) is 34.9. The van der Waals surface area contributed by atoms with E-state index in [4.69, 9.17) is 4.55 Å². The van der Waals surface area contributed by atoms with Gasteiger partial charge in [0, 0.05) is 33.0 Å². The van der Waals surface area contributed by atoms with Gasteiger partial charge in [0.1, 0.15) is 11.5 Å². The van der Waals surface area contributed by atoms with Crippen LogP contribution >= 0.6 is 0 Å². The third kappa shape index (κ3) is 6.07. The summed E-state index contributed by atoms with van der Waals surface area (Å²) in [6, 6.07) is 3.31. The number of rotatable bonds is 7. The van der Waals surface area contributed by atoms with Crippen LogP contribution in [0, 0.1) is 13.8 Å². The van der Waals surface area contributed by atoms with E-state index >= 15 is 0 Å². The van der Waals surface area contributed by atoms with E-state index in [1.807, 2.05) is 0 Å². The van der Waals surface area contributed by atoms with Gasteiger partial charge in [0.05, 0.1) is 16.9 Å². The van der Waals surface area contributed by atoms with E-state index in [2.05, 4.69) is 0 Å². The Morgan fingerprint density at radius 1 is 0.644 bits per heavy atom. The molecule has 0 fully saturated rings. The first-order valence-corrected chi connectivity index (χ1v) is 15.8. The molecule has 0 unspecified atom stereocenters. The summed E-state index contributed by atoms with van der Waals surface area (Å²) < 4.78 is 27.6. The van der Waals surface area contributed by atoms with Crippen LogP contribution in [-0.4, -0.2) is 61.9 Å². The highest BCUT2D eigenvalue weighted by atomic mass is 32.2. The van der Waals surface area contributed by atoms with Gasteiger partial charge in [0.25, 0.3) is 10.1 Å². The summed E-state index contributed by atoms with van der Waals surface area (Å²) in [6.07, 6.45) is 1.15. The molecule has 4 rings (SSSR count). The molecule has 0 saturated heterocycles. The van der Waals surface area contributed by atoms with Crippen molar-refractivity contribution in [3.8, 4) is 45.6 Å². The Hall–Kier alpha value is -4.55. The Kier molecular flexibility index (Phi) is 9.95. The lowest BCUT2D eigenvalue weighted by atomic mass is 9.83. The largest absolute Gasteiger partial charge is 0.507 e. The smallest absolute Gasteiger partial charge is 0.264 e. The van der Waals surface area contributed by atoms with Crippen LogP contribution in [0.3, 0.4) is 0 Å². The normalized spacial score (nSPS) is 11.7. The second kappa shape index (κ2) is 12.8. The van der Waals surface area contributed by atoms with Crippen molar-refractivity contribution in [1.29, 1.82) is 0 Å². The van der Waals surface area contributed by atoms with Crippen molar-refractivity contribution >= 4 is 44.2 Å². The molecule has 0 amide bonds. The number of hydrogen-bond acceptors (Lipinski definition) is 10. The zero-order valence-corrected chi connectivity index (χ0v) is 26.9. The Morgan fingerprint density at radius 3 is 1.20 bits per heavy atom. The fourth-order valence-electron chi connectivity index (χ4n) is 5.86. The number of aromatic hydroxyl groups is 6. The highest BCUT2D eigenvalue weighted by Gasteiger charge is 2.29. The lowest BCUT2D eigenvalue weighted by Crippen LogP contribution is -2.01. The summed E-state index contributed by atoms with van der Waals surface area (Å²) in [7, 11) is -3.67. The zero-order valence-electron chi connectivity index (χ0n) is 26.1. The van der Waals surface area contributed by atoms with Crippen molar-refractivity contribution in [2.24, 2.45) is 0 Å². The van der Waals surface area contributed by atoms with Crippen LogP contribution in [-0.2, 0) is 10.1 Å². The lowest BCUT2D eigenvalue weighted by Gasteiger charge is -2.23. The number of phenolic OH excluding ortho intramolecular Hbond substituents is 6. The number of fused-ring (bicyclic) bond motifs is 2. The van der Waals surface area contributed by atoms with E-state index < -0.39 is 44.6 Å². The molecule has 242 valence electrons. The van der Waals surface area contributed by atoms with Gasteiger partial charge in [-0.25, -0.2) is 0 Å². The van der Waals surface area contributed by atoms with Gasteiger partial charge >= 0.3 is 0 Å². The average molecular weight is 643 g/mol. The van der Waals surface area contributed by atoms with Crippen LogP contribution in [0.25, 0.3) is 32.7 Å². The molecule has 0 spiro atoms. The van der Waals surface area contributed by atoms with Gasteiger partial charge in [-0.15, -0.1) is 0 Å². The summed E-state index contributed by atoms with van der Waals surface area (Å²) >= 11 is 0. The molecule has 4 aromatic carbocycles. The van der Waals surface area contributed by atoms with Crippen LogP contribution < -0.4 is 0 Å². The van der Waals surface area contributed by atoms with Crippen LogP contribution in [0.5, 0.6) is 34.5 Å². The van der Waals surface area contributed by atoms with Gasteiger partial charge < -0.3 is 30.6 Å². The number of aldehydes is 2. The van der Waals surface area contributed by atoms with Gasteiger partial charge in [0.2, 0.25) is 0 Å². The van der Waals surface area contributed by atoms with Gasteiger partial charge in [0.15, 0.2) is 35.6 Å². The molecule has 45 heavy (non-hydrogen) atoms. The topological polar surface area (TPSA) is 210 Å². The van der Waals surface area contributed by atoms with E-state index in [-0.39, 0.29) is 50.6 Å². The molecule has 0 bridgehead atoms. The second-order valence-electron chi connectivity index (χ2n) is 11.6. The molecule has 12 heteroatoms. The molecule has 0 aliphatic carbocycles. The molecule has 11 nitrogen and oxygen atoms in total. The summed E-state index contributed by atoms with van der Waals surface area (Å²) in [5.41, 5.74) is 1.33. The van der Waals surface area contributed by atoms with E-state index in [0.717, 1.165) is 0 Å². The maximum atomic E-state index is 12.0. The number of carbonyl (C=O) groups excluding carboxylic acids is 2. The molecular weight excluding hydrogens is 604 g/mol. The summed E-state index contributed by atoms with van der Waals surface area (Å²) in [5, 5.41) is 66.4. The number of phenols is 6. The van der Waals surface area contributed by atoms with Gasteiger partial charge in [-0.1, -0.05) is 46.8 Å². The third-order valence-electron chi connectivity index (χ3n) is 7.69. The van der Waals surface area contributed by atoms with Gasteiger partial charge in [-0.2, -0.15) is 8.42 Å². The number of aryl methyl sites for hydroxylation is 2. The number of hydrogen-bond donors (Lipinski definition) is 7. The first-order valence-electron chi connectivity index (χ1n) is 14.2. The van der Waals surface area contributed by atoms with Crippen LogP contribution in [0.2, 0.25) is 0 Å². The van der Waals surface area contributed by atoms with E-state index in [1.54, 1.807) is 60.6 Å². The highest BCUT2D eigenvalue weighted by Crippen LogP contribution is 2.54. The molecule has 0 aliphatic rings. The van der Waals surface area contributed by atoms with Crippen molar-refractivity contribution in [1.82, 2.24) is 0 Å². The monoisotopic (exact) mass is 642 g/mol. The summed E-state index contributed by atoms with van der Waals surface area (Å²) in [6.45, 7) is 12.2. The molecule has 0 atom stereocenters. The number of benzene rings is 4. The molecule has 0 aliphatic heterocycles. The predicted octanol–water partition coefficient (Wildman–Crippen LogP) is 6.67. The van der Waals surface area contributed by atoms with E-state index in [9.17, 15) is 48.6 Å². The molecule has 0 saturated carbocycles. The third-order valence-corrected chi connectivity index (χ3v) is 8.61. The van der Waals surface area contributed by atoms with Crippen LogP contribution in [0.1, 0.15) is 95.8 Å². The number of carbonyl (C=O) groups is 2. The van der Waals surface area contributed by atoms with Crippen molar-refractivity contribution in [3.05, 3.63) is 45.5 Å². The molecule has 0 aromatic heterocycles. The molecule has 0 heterocycles. The second-order valence-corrected chi connectivity index (χ2v) is 13.1. The minimum Gasteiger partial charge on any atom is -0.507 e. The fraction of sp³-hybridized carbons (Fsp3) is 0.333. The molecule has 7 N–H and O–H groups in total. The minimum atomic E-state index is -3.67. The van der Waals surface area contributed by atoms with Crippen molar-refractivity contribution in [2.45, 2.75) is 66.7 Å². The minimum absolute atomic E-state index is 0.00512. The maximum absolute atomic E-state index is 12.0. The lowest BCUT2D eigenvalue weighted by molar-refractivity contribution is 0.111. The van der Waals surface area contributed by atoms with E-state index in [0.29, 0.717) is 52.0 Å². The Bertz CT molecular complexity index is 1830. The van der Waals surface area contributed by atoms with Crippen LogP contribution in [0.4, 0.5) is 0 Å². The van der Waals surface area contributed by atoms with Crippen molar-refractivity contribution in [3.63, 3.8) is 0 Å². The molecule has 4 aromatic rings. The maximum Gasteiger partial charge on any atom is 0.264 e. The summed E-state index contributed by atoms with van der Waals surface area (Å²) in [5.74, 6) is -3.70. The van der Waals surface area contributed by atoms with Gasteiger partial charge in [-0.3, -0.25) is 14.1 Å². The predicted molar refractivity (Wildman–Crippen MR) is 172 cm³/mol. The summed E-state index contributed by atoms with van der Waals surface area (Å²) in [4.78, 5) is 24.0. The highest BCUT2D eigenvalue weighted by molar-refractivity contribution is 7.85. The van der Waals surface area contributed by atoms with E-state index in [1.165, 1.54) is 0 Å². The zero-order chi connectivity index (χ0) is 34.3. The molecular formula is C33H38O11S. The SMILES string of the molecule is CCCS(=O)(=O)O.Cc1cc2c(C(C)C)c(O)c(O)c(C=O)c2c(O)c1-c1c(C)cc2c(C(C)C)c(O)c(O)c(C=O)c2c1O. The Balaban J connectivity index is 0.000000707. The Morgan fingerprint density at radius 2 is 0.978 bits per heavy atom. The standard InChI is InChI=1S/C30H30O8.C3H8O3S/c1-11(2)19-15-7-13(5)21(27(35)23(15)17(9-31)25(33)29(19)37)22-14(6)8-16-20(12(3)4)30(38)26(34)18(10-32)24(16)28(22)36;1-2-3-7(4,5)6/h7-12,33-38H,1-6H3;2-3H2,1H3,(H,4,5,6). The van der Waals surface area contributed by atoms with Crippen molar-refractivity contribution < 1.29 is 53.2 Å². The molecule has 0 radical (unpaired) electrons. The van der Waals surface area contributed by atoms with Gasteiger partial charge in [-0.05, 0) is 54.0 Å². The van der Waals surface area contributed by atoms with Crippen LogP contribution in [0.15, 0.2) is 12.1 Å². The Labute approximate surface area is 260 Å². The first-order chi connectivity index (χ1) is 20.9. The quantitative estimate of drug-likeness (QED) is 0.0643.